The highest BCUT2D eigenvalue weighted by Crippen LogP contribution is 2.30. The lowest BCUT2D eigenvalue weighted by atomic mass is 9.99. The molecule has 3 aromatic rings. The molecule has 252 valence electrons. The molecular weight excluding hydrogens is 636 g/mol. The number of imidazole rings is 1. The van der Waals surface area contributed by atoms with Crippen LogP contribution in [-0.4, -0.2) is 96.4 Å². The summed E-state index contributed by atoms with van der Waals surface area (Å²) in [7, 11) is 4.59. The minimum absolute atomic E-state index is 0.0331. The van der Waals surface area contributed by atoms with Gasteiger partial charge in [0.1, 0.15) is 0 Å². The van der Waals surface area contributed by atoms with Gasteiger partial charge in [-0.2, -0.15) is 4.39 Å². The lowest BCUT2D eigenvalue weighted by Crippen LogP contribution is -3.10. The zero-order chi connectivity index (χ0) is 34.4. The number of carbonyl (C=O) groups excluding carboxylic acids is 4. The quantitative estimate of drug-likeness (QED) is 0.268. The standard InChI is InChI=1S/C32H38ClF2N7O5/c1-5-19(10-11-39(2)18-26(36)43)31(45)41-12-14-42(15-13-41)32(46)21-7-6-20(16-23(21)33)38-30(44)29-37-17-24(40(29)3)22-8-9-25(47-4)28(35)27(22)34/h6-9,16-17,19H,5,10-15,18H2,1-4H3,(H2,36,43)(H,38,44)/p+1. The summed E-state index contributed by atoms with van der Waals surface area (Å²) in [6, 6.07) is 7.10. The molecule has 4 rings (SSSR count). The van der Waals surface area contributed by atoms with Crippen molar-refractivity contribution in [3.63, 3.8) is 0 Å². The Morgan fingerprint density at radius 3 is 2.38 bits per heavy atom. The number of halogens is 3. The number of nitrogens with one attached hydrogen (secondary N) is 2. The summed E-state index contributed by atoms with van der Waals surface area (Å²) >= 11 is 6.47. The van der Waals surface area contributed by atoms with E-state index in [9.17, 15) is 28.0 Å². The smallest absolute Gasteiger partial charge is 0.291 e. The van der Waals surface area contributed by atoms with Gasteiger partial charge in [0, 0.05) is 56.8 Å². The first kappa shape index (κ1) is 35.3. The minimum atomic E-state index is -1.15. The lowest BCUT2D eigenvalue weighted by Gasteiger charge is -2.36. The molecule has 0 bridgehead atoms. The van der Waals surface area contributed by atoms with Gasteiger partial charge < -0.3 is 35.1 Å². The van der Waals surface area contributed by atoms with Gasteiger partial charge in [-0.05, 0) is 36.8 Å². The predicted molar refractivity (Wildman–Crippen MR) is 171 cm³/mol. The molecule has 2 aromatic carbocycles. The fraction of sp³-hybridized carbons (Fsp3) is 0.406. The summed E-state index contributed by atoms with van der Waals surface area (Å²) in [4.78, 5) is 59.1. The van der Waals surface area contributed by atoms with Gasteiger partial charge in [-0.25, -0.2) is 9.37 Å². The Bertz CT molecular complexity index is 1660. The largest absolute Gasteiger partial charge is 0.494 e. The van der Waals surface area contributed by atoms with Gasteiger partial charge in [-0.15, -0.1) is 0 Å². The molecule has 2 unspecified atom stereocenters. The van der Waals surface area contributed by atoms with Crippen molar-refractivity contribution in [2.45, 2.75) is 19.8 Å². The molecule has 1 aromatic heterocycles. The number of ether oxygens (including phenoxy) is 1. The Kier molecular flexibility index (Phi) is 11.5. The van der Waals surface area contributed by atoms with Crippen molar-refractivity contribution in [2.24, 2.45) is 18.7 Å². The van der Waals surface area contributed by atoms with Crippen LogP contribution in [0.15, 0.2) is 36.5 Å². The number of amides is 4. The zero-order valence-corrected chi connectivity index (χ0v) is 27.5. The van der Waals surface area contributed by atoms with E-state index < -0.39 is 17.5 Å². The molecule has 2 heterocycles. The molecule has 47 heavy (non-hydrogen) atoms. The third kappa shape index (κ3) is 8.06. The van der Waals surface area contributed by atoms with E-state index in [1.165, 1.54) is 55.3 Å². The summed E-state index contributed by atoms with van der Waals surface area (Å²) in [6.45, 7) is 4.26. The fourth-order valence-corrected chi connectivity index (χ4v) is 5.84. The van der Waals surface area contributed by atoms with Crippen molar-refractivity contribution < 1.29 is 37.6 Å². The van der Waals surface area contributed by atoms with Gasteiger partial charge in [0.15, 0.2) is 23.9 Å². The van der Waals surface area contributed by atoms with Gasteiger partial charge >= 0.3 is 0 Å². The minimum Gasteiger partial charge on any atom is -0.494 e. The van der Waals surface area contributed by atoms with Gasteiger partial charge in [0.2, 0.25) is 11.7 Å². The number of anilines is 1. The number of methoxy groups -OCH3 is 1. The second-order valence-electron chi connectivity index (χ2n) is 11.5. The highest BCUT2D eigenvalue weighted by molar-refractivity contribution is 6.34. The Balaban J connectivity index is 1.35. The summed E-state index contributed by atoms with van der Waals surface area (Å²) in [5.41, 5.74) is 5.89. The summed E-state index contributed by atoms with van der Waals surface area (Å²) in [5.74, 6) is -4.06. The van der Waals surface area contributed by atoms with E-state index >= 15 is 0 Å². The second-order valence-corrected chi connectivity index (χ2v) is 11.9. The normalized spacial score (nSPS) is 14.4. The molecule has 4 N–H and O–H groups in total. The van der Waals surface area contributed by atoms with Crippen molar-refractivity contribution >= 4 is 40.9 Å². The number of nitrogens with two attached hydrogens (primary N) is 1. The summed E-state index contributed by atoms with van der Waals surface area (Å²) in [6.07, 6.45) is 2.56. The van der Waals surface area contributed by atoms with Crippen molar-refractivity contribution in [3.8, 4) is 17.0 Å². The molecule has 0 saturated carbocycles. The molecule has 2 atom stereocenters. The highest BCUT2D eigenvalue weighted by atomic mass is 35.5. The van der Waals surface area contributed by atoms with Crippen molar-refractivity contribution in [2.75, 3.05) is 58.7 Å². The fourth-order valence-electron chi connectivity index (χ4n) is 5.58. The number of benzene rings is 2. The number of hydrogen-bond donors (Lipinski definition) is 3. The first-order valence-corrected chi connectivity index (χ1v) is 15.6. The molecule has 1 saturated heterocycles. The van der Waals surface area contributed by atoms with Gasteiger partial charge in [0.05, 0.1) is 43.2 Å². The third-order valence-electron chi connectivity index (χ3n) is 8.31. The average Bonchev–Trinajstić information content (AvgIpc) is 3.42. The van der Waals surface area contributed by atoms with Gasteiger partial charge in [-0.1, -0.05) is 18.5 Å². The topological polar surface area (TPSA) is 144 Å². The number of primary amides is 1. The number of likely N-dealkylation sites (N-methyl/N-ethyl adjacent to an activating group) is 1. The van der Waals surface area contributed by atoms with E-state index in [4.69, 9.17) is 22.1 Å². The molecule has 1 fully saturated rings. The monoisotopic (exact) mass is 674 g/mol. The first-order chi connectivity index (χ1) is 22.4. The molecule has 0 spiro atoms. The van der Waals surface area contributed by atoms with Crippen LogP contribution in [0.25, 0.3) is 11.3 Å². The molecular formula is C32H39ClF2N7O5+. The third-order valence-corrected chi connectivity index (χ3v) is 8.62. The maximum Gasteiger partial charge on any atom is 0.291 e. The zero-order valence-electron chi connectivity index (χ0n) is 26.7. The van der Waals surface area contributed by atoms with E-state index in [-0.39, 0.29) is 63.6 Å². The number of rotatable bonds is 12. The van der Waals surface area contributed by atoms with Crippen LogP contribution >= 0.6 is 11.6 Å². The van der Waals surface area contributed by atoms with Crippen molar-refractivity contribution in [1.29, 1.82) is 0 Å². The van der Waals surface area contributed by atoms with E-state index in [0.29, 0.717) is 51.3 Å². The van der Waals surface area contributed by atoms with E-state index in [0.717, 1.165) is 4.90 Å². The number of nitrogens with zero attached hydrogens (tertiary/aromatic N) is 4. The molecule has 15 heteroatoms. The van der Waals surface area contributed by atoms with Gasteiger partial charge in [-0.3, -0.25) is 19.2 Å². The van der Waals surface area contributed by atoms with E-state index in [1.54, 1.807) is 9.80 Å². The lowest BCUT2D eigenvalue weighted by molar-refractivity contribution is -0.871. The maximum atomic E-state index is 14.7. The summed E-state index contributed by atoms with van der Waals surface area (Å²) in [5, 5.41) is 2.79. The maximum absolute atomic E-state index is 14.7. The molecule has 0 radical (unpaired) electrons. The summed E-state index contributed by atoms with van der Waals surface area (Å²) < 4.78 is 35.1. The van der Waals surface area contributed by atoms with Gasteiger partial charge in [0.25, 0.3) is 17.7 Å². The van der Waals surface area contributed by atoms with E-state index in [1.807, 2.05) is 14.0 Å². The van der Waals surface area contributed by atoms with Crippen LogP contribution < -0.4 is 20.7 Å². The number of piperazine rings is 1. The Labute approximate surface area is 276 Å². The predicted octanol–water partition coefficient (Wildman–Crippen LogP) is 1.98. The van der Waals surface area contributed by atoms with Crippen molar-refractivity contribution in [1.82, 2.24) is 19.4 Å². The number of carbonyl (C=O) groups is 4. The Morgan fingerprint density at radius 1 is 1.09 bits per heavy atom. The second kappa shape index (κ2) is 15.4. The highest BCUT2D eigenvalue weighted by Gasteiger charge is 2.30. The van der Waals surface area contributed by atoms with Crippen LogP contribution in [-0.2, 0) is 16.6 Å². The number of quaternary nitrogens is 1. The first-order valence-electron chi connectivity index (χ1n) is 15.2. The molecule has 1 aliphatic heterocycles. The SMILES string of the molecule is CCC(CC[NH+](C)CC(N)=O)C(=O)N1CCN(C(=O)c2ccc(NC(=O)c3ncc(-c4ccc(OC)c(F)c4F)n3C)cc2Cl)CC1. The number of aromatic nitrogens is 2. The van der Waals surface area contributed by atoms with Crippen LogP contribution in [0.4, 0.5) is 14.5 Å². The molecule has 12 nitrogen and oxygen atoms in total. The average molecular weight is 675 g/mol. The molecule has 4 amide bonds. The Morgan fingerprint density at radius 2 is 1.77 bits per heavy atom. The number of hydrogen-bond acceptors (Lipinski definition) is 6. The van der Waals surface area contributed by atoms with Crippen LogP contribution in [0.3, 0.4) is 0 Å². The van der Waals surface area contributed by atoms with Crippen LogP contribution in [0.1, 0.15) is 40.7 Å². The molecule has 0 aliphatic carbocycles. The van der Waals surface area contributed by atoms with E-state index in [2.05, 4.69) is 10.3 Å². The van der Waals surface area contributed by atoms with Crippen LogP contribution in [0, 0.1) is 17.6 Å². The van der Waals surface area contributed by atoms with Crippen molar-refractivity contribution in [3.05, 3.63) is 64.6 Å². The Hall–Kier alpha value is -4.56. The van der Waals surface area contributed by atoms with Crippen LogP contribution in [0.2, 0.25) is 5.02 Å². The van der Waals surface area contributed by atoms with Crippen LogP contribution in [0.5, 0.6) is 5.75 Å². The molecule has 1 aliphatic rings.